The lowest BCUT2D eigenvalue weighted by molar-refractivity contribution is -0.118. The Bertz CT molecular complexity index is 644. The number of halogens is 1. The third-order valence-corrected chi connectivity index (χ3v) is 5.99. The van der Waals surface area contributed by atoms with Crippen LogP contribution in [0.15, 0.2) is 24.3 Å². The number of hydrogen-bond donors (Lipinski definition) is 1. The van der Waals surface area contributed by atoms with Crippen LogP contribution in [0.2, 0.25) is 5.02 Å². The zero-order chi connectivity index (χ0) is 16.3. The molecule has 22 heavy (non-hydrogen) atoms. The van der Waals surface area contributed by atoms with E-state index in [-0.39, 0.29) is 12.0 Å². The summed E-state index contributed by atoms with van der Waals surface area (Å²) in [4.78, 5) is 11.9. The van der Waals surface area contributed by atoms with E-state index in [1.807, 2.05) is 18.2 Å². The summed E-state index contributed by atoms with van der Waals surface area (Å²) in [6.45, 7) is 4.27. The van der Waals surface area contributed by atoms with E-state index in [0.29, 0.717) is 18.1 Å². The van der Waals surface area contributed by atoms with Crippen LogP contribution in [0.1, 0.15) is 31.7 Å². The van der Waals surface area contributed by atoms with Gasteiger partial charge in [-0.2, -0.15) is 0 Å². The monoisotopic (exact) mass is 344 g/mol. The van der Waals surface area contributed by atoms with E-state index in [4.69, 9.17) is 11.6 Å². The Labute approximate surface area is 136 Å². The molecule has 122 valence electrons. The van der Waals surface area contributed by atoms with Crippen molar-refractivity contribution in [1.82, 2.24) is 9.62 Å². The van der Waals surface area contributed by atoms with E-state index in [1.165, 1.54) is 4.31 Å². The second-order valence-electron chi connectivity index (χ2n) is 5.41. The van der Waals surface area contributed by atoms with Crippen LogP contribution in [-0.4, -0.2) is 43.5 Å². The summed E-state index contributed by atoms with van der Waals surface area (Å²) in [5.41, 5.74) is 1.07. The number of amides is 1. The standard InChI is InChI=1S/C15H21ClN2O3S/c1-3-18(4-2)22(20,21)10-15(19)17-14-9-13(14)11-6-5-7-12(16)8-11/h5-8,13-14H,3-4,9-10H2,1-2H3,(H,17,19)/t13-,14+/m0/s1. The topological polar surface area (TPSA) is 66.5 Å². The molecule has 1 aromatic carbocycles. The summed E-state index contributed by atoms with van der Waals surface area (Å²) < 4.78 is 25.4. The van der Waals surface area contributed by atoms with Crippen molar-refractivity contribution in [2.45, 2.75) is 32.2 Å². The molecule has 0 radical (unpaired) electrons. The smallest absolute Gasteiger partial charge is 0.236 e. The third kappa shape index (κ3) is 4.21. The van der Waals surface area contributed by atoms with E-state index >= 15 is 0 Å². The molecule has 0 saturated heterocycles. The first-order valence-corrected chi connectivity index (χ1v) is 9.38. The Morgan fingerprint density at radius 1 is 1.36 bits per heavy atom. The van der Waals surface area contributed by atoms with Gasteiger partial charge < -0.3 is 5.32 Å². The Morgan fingerprint density at radius 3 is 2.64 bits per heavy atom. The predicted molar refractivity (Wildman–Crippen MR) is 87.4 cm³/mol. The second-order valence-corrected chi connectivity index (χ2v) is 7.82. The van der Waals surface area contributed by atoms with Gasteiger partial charge in [-0.25, -0.2) is 12.7 Å². The number of hydrogen-bond acceptors (Lipinski definition) is 3. The lowest BCUT2D eigenvalue weighted by Crippen LogP contribution is -2.40. The molecule has 5 nitrogen and oxygen atoms in total. The van der Waals surface area contributed by atoms with Crippen molar-refractivity contribution in [2.24, 2.45) is 0 Å². The van der Waals surface area contributed by atoms with Gasteiger partial charge in [0.15, 0.2) is 0 Å². The number of carbonyl (C=O) groups is 1. The van der Waals surface area contributed by atoms with Gasteiger partial charge in [-0.1, -0.05) is 37.6 Å². The molecule has 1 saturated carbocycles. The quantitative estimate of drug-likeness (QED) is 0.822. The molecule has 1 fully saturated rings. The van der Waals surface area contributed by atoms with E-state index in [0.717, 1.165) is 12.0 Å². The molecule has 2 atom stereocenters. The maximum absolute atomic E-state index is 12.0. The SMILES string of the molecule is CCN(CC)S(=O)(=O)CC(=O)N[C@@H]1C[C@H]1c1cccc(Cl)c1. The summed E-state index contributed by atoms with van der Waals surface area (Å²) in [6, 6.07) is 7.52. The molecule has 1 aliphatic carbocycles. The highest BCUT2D eigenvalue weighted by molar-refractivity contribution is 7.89. The van der Waals surface area contributed by atoms with Gasteiger partial charge in [0.1, 0.15) is 5.75 Å². The molecule has 7 heteroatoms. The van der Waals surface area contributed by atoms with Crippen molar-refractivity contribution in [1.29, 1.82) is 0 Å². The highest BCUT2D eigenvalue weighted by Gasteiger charge is 2.40. The van der Waals surface area contributed by atoms with Crippen LogP contribution in [-0.2, 0) is 14.8 Å². The zero-order valence-electron chi connectivity index (χ0n) is 12.8. The number of nitrogens with zero attached hydrogens (tertiary/aromatic N) is 1. The fraction of sp³-hybridized carbons (Fsp3) is 0.533. The van der Waals surface area contributed by atoms with E-state index in [1.54, 1.807) is 19.9 Å². The van der Waals surface area contributed by atoms with Crippen molar-refractivity contribution < 1.29 is 13.2 Å². The van der Waals surface area contributed by atoms with Crippen LogP contribution >= 0.6 is 11.6 Å². The predicted octanol–water partition coefficient (Wildman–Crippen LogP) is 1.98. The molecular formula is C15H21ClN2O3S. The van der Waals surface area contributed by atoms with Crippen LogP contribution in [0.5, 0.6) is 0 Å². The first-order chi connectivity index (χ1) is 10.4. The van der Waals surface area contributed by atoms with Crippen molar-refractivity contribution >= 4 is 27.5 Å². The van der Waals surface area contributed by atoms with Gasteiger partial charge in [-0.05, 0) is 24.1 Å². The highest BCUT2D eigenvalue weighted by Crippen LogP contribution is 2.41. The first-order valence-electron chi connectivity index (χ1n) is 7.40. The van der Waals surface area contributed by atoms with Crippen LogP contribution in [0.3, 0.4) is 0 Å². The number of sulfonamides is 1. The lowest BCUT2D eigenvalue weighted by Gasteiger charge is -2.17. The largest absolute Gasteiger partial charge is 0.352 e. The molecule has 1 aromatic rings. The van der Waals surface area contributed by atoms with E-state index < -0.39 is 21.7 Å². The number of rotatable bonds is 7. The van der Waals surface area contributed by atoms with Gasteiger partial charge in [0, 0.05) is 30.1 Å². The van der Waals surface area contributed by atoms with Gasteiger partial charge in [0.2, 0.25) is 15.9 Å². The highest BCUT2D eigenvalue weighted by atomic mass is 35.5. The number of carbonyl (C=O) groups excluding carboxylic acids is 1. The summed E-state index contributed by atoms with van der Waals surface area (Å²) in [6.07, 6.45) is 0.817. The Hall–Kier alpha value is -1.11. The minimum Gasteiger partial charge on any atom is -0.352 e. The zero-order valence-corrected chi connectivity index (χ0v) is 14.3. The van der Waals surface area contributed by atoms with Crippen molar-refractivity contribution in [3.8, 4) is 0 Å². The second kappa shape index (κ2) is 6.98. The Balaban J connectivity index is 1.89. The van der Waals surface area contributed by atoms with Crippen molar-refractivity contribution in [3.05, 3.63) is 34.9 Å². The molecule has 1 amide bonds. The molecule has 2 rings (SSSR count). The van der Waals surface area contributed by atoms with Gasteiger partial charge in [0.05, 0.1) is 0 Å². The first kappa shape index (κ1) is 17.2. The Kier molecular flexibility index (Phi) is 5.47. The average Bonchev–Trinajstić information content (AvgIpc) is 3.18. The van der Waals surface area contributed by atoms with Crippen LogP contribution in [0.25, 0.3) is 0 Å². The third-order valence-electron chi connectivity index (χ3n) is 3.83. The molecule has 1 N–H and O–H groups in total. The van der Waals surface area contributed by atoms with Gasteiger partial charge >= 0.3 is 0 Å². The summed E-state index contributed by atoms with van der Waals surface area (Å²) in [7, 11) is -3.53. The molecule has 0 spiro atoms. The molecule has 0 bridgehead atoms. The molecule has 0 unspecified atom stereocenters. The normalized spacial score (nSPS) is 20.9. The molecule has 0 heterocycles. The van der Waals surface area contributed by atoms with Gasteiger partial charge in [-0.15, -0.1) is 0 Å². The van der Waals surface area contributed by atoms with Crippen molar-refractivity contribution in [2.75, 3.05) is 18.8 Å². The maximum Gasteiger partial charge on any atom is 0.236 e. The number of nitrogens with one attached hydrogen (secondary N) is 1. The van der Waals surface area contributed by atoms with Gasteiger partial charge in [0.25, 0.3) is 0 Å². The van der Waals surface area contributed by atoms with Crippen molar-refractivity contribution in [3.63, 3.8) is 0 Å². The Morgan fingerprint density at radius 2 is 2.05 bits per heavy atom. The summed E-state index contributed by atoms with van der Waals surface area (Å²) in [5.74, 6) is -0.715. The fourth-order valence-corrected chi connectivity index (χ4v) is 4.17. The lowest BCUT2D eigenvalue weighted by atomic mass is 10.1. The van der Waals surface area contributed by atoms with Crippen LogP contribution in [0, 0.1) is 0 Å². The number of benzene rings is 1. The van der Waals surface area contributed by atoms with E-state index in [9.17, 15) is 13.2 Å². The van der Waals surface area contributed by atoms with Crippen LogP contribution < -0.4 is 5.32 Å². The fourth-order valence-electron chi connectivity index (χ4n) is 2.58. The molecule has 0 aromatic heterocycles. The average molecular weight is 345 g/mol. The van der Waals surface area contributed by atoms with Crippen LogP contribution in [0.4, 0.5) is 0 Å². The summed E-state index contributed by atoms with van der Waals surface area (Å²) >= 11 is 5.95. The summed E-state index contributed by atoms with van der Waals surface area (Å²) in [5, 5.41) is 3.46. The van der Waals surface area contributed by atoms with Gasteiger partial charge in [-0.3, -0.25) is 4.79 Å². The minimum atomic E-state index is -3.53. The van der Waals surface area contributed by atoms with E-state index in [2.05, 4.69) is 5.32 Å². The molecule has 1 aliphatic rings. The maximum atomic E-state index is 12.0. The molecule has 0 aliphatic heterocycles. The molecular weight excluding hydrogens is 324 g/mol. The minimum absolute atomic E-state index is 0.00197.